The van der Waals surface area contributed by atoms with E-state index in [1.807, 2.05) is 0 Å². The average molecular weight is 410 g/mol. The number of carbonyl (C=O) groups is 1. The van der Waals surface area contributed by atoms with Crippen LogP contribution in [-0.2, 0) is 17.9 Å². The van der Waals surface area contributed by atoms with Gasteiger partial charge < -0.3 is 23.2 Å². The van der Waals surface area contributed by atoms with Gasteiger partial charge in [0.2, 0.25) is 11.6 Å². The third-order valence-electron chi connectivity index (χ3n) is 4.18. The molecule has 0 bridgehead atoms. The summed E-state index contributed by atoms with van der Waals surface area (Å²) in [6.07, 6.45) is 3.46. The van der Waals surface area contributed by atoms with E-state index in [2.05, 4.69) is 15.2 Å². The van der Waals surface area contributed by atoms with Crippen molar-refractivity contribution >= 4 is 5.97 Å². The number of hydrogen-bond donors (Lipinski definition) is 0. The highest BCUT2D eigenvalue weighted by atomic mass is 16.6. The first kappa shape index (κ1) is 19.2. The van der Waals surface area contributed by atoms with Crippen LogP contribution in [0, 0.1) is 0 Å². The van der Waals surface area contributed by atoms with Crippen LogP contribution < -0.4 is 9.47 Å². The van der Waals surface area contributed by atoms with E-state index in [-0.39, 0.29) is 18.3 Å². The number of aromatic nitrogens is 4. The summed E-state index contributed by atoms with van der Waals surface area (Å²) in [7, 11) is 3.09. The Kier molecular flexibility index (Phi) is 5.46. The number of carbonyl (C=O) groups excluding carboxylic acids is 1. The molecule has 154 valence electrons. The van der Waals surface area contributed by atoms with Crippen molar-refractivity contribution in [2.24, 2.45) is 0 Å². The summed E-state index contributed by atoms with van der Waals surface area (Å²) in [6.45, 7) is 0.229. The van der Waals surface area contributed by atoms with Gasteiger partial charge in [0.05, 0.1) is 20.8 Å². The standard InChI is InChI=1S/C20H18N4O6/c1-26-15-6-4-13(10-17(15)27-2)19-22-18(30-23-19)12-28-20(25)16-7-5-14(29-16)11-24-9-3-8-21-24/h3-10H,11-12H2,1-2H3. The smallest absolute Gasteiger partial charge is 0.374 e. The third kappa shape index (κ3) is 4.17. The second-order valence-corrected chi connectivity index (χ2v) is 6.13. The SMILES string of the molecule is COc1ccc(-c2noc(COC(=O)c3ccc(Cn4cccn4)o3)n2)cc1OC. The molecule has 1 aromatic carbocycles. The Morgan fingerprint density at radius 2 is 2.00 bits per heavy atom. The Balaban J connectivity index is 1.37. The summed E-state index contributed by atoms with van der Waals surface area (Å²) in [5.41, 5.74) is 0.670. The maximum Gasteiger partial charge on any atom is 0.374 e. The van der Waals surface area contributed by atoms with Gasteiger partial charge in [-0.2, -0.15) is 10.1 Å². The average Bonchev–Trinajstić information content (AvgIpc) is 3.54. The number of ether oxygens (including phenoxy) is 3. The number of rotatable bonds is 8. The highest BCUT2D eigenvalue weighted by Crippen LogP contribution is 2.31. The van der Waals surface area contributed by atoms with Crippen LogP contribution in [0.25, 0.3) is 11.4 Å². The Morgan fingerprint density at radius 1 is 1.13 bits per heavy atom. The molecule has 4 rings (SSSR count). The molecule has 0 atom stereocenters. The van der Waals surface area contributed by atoms with Gasteiger partial charge in [-0.25, -0.2) is 4.79 Å². The molecule has 10 heteroatoms. The van der Waals surface area contributed by atoms with Crippen LogP contribution in [0.3, 0.4) is 0 Å². The molecule has 0 aliphatic heterocycles. The van der Waals surface area contributed by atoms with E-state index in [0.29, 0.717) is 35.2 Å². The number of furan rings is 1. The van der Waals surface area contributed by atoms with Crippen LogP contribution in [0.2, 0.25) is 0 Å². The fourth-order valence-corrected chi connectivity index (χ4v) is 2.73. The van der Waals surface area contributed by atoms with Gasteiger partial charge in [0, 0.05) is 18.0 Å². The van der Waals surface area contributed by atoms with Crippen molar-refractivity contribution in [3.05, 3.63) is 66.2 Å². The summed E-state index contributed by atoms with van der Waals surface area (Å²) >= 11 is 0. The quantitative estimate of drug-likeness (QED) is 0.404. The lowest BCUT2D eigenvalue weighted by Crippen LogP contribution is -2.04. The van der Waals surface area contributed by atoms with Crippen molar-refractivity contribution < 1.29 is 27.9 Å². The third-order valence-corrected chi connectivity index (χ3v) is 4.18. The Bertz CT molecular complexity index is 1130. The minimum atomic E-state index is -0.632. The lowest BCUT2D eigenvalue weighted by molar-refractivity contribution is 0.0391. The largest absolute Gasteiger partial charge is 0.493 e. The number of esters is 1. The summed E-state index contributed by atoms with van der Waals surface area (Å²) < 4.78 is 28.0. The van der Waals surface area contributed by atoms with Gasteiger partial charge in [0.15, 0.2) is 18.1 Å². The monoisotopic (exact) mass is 410 g/mol. The van der Waals surface area contributed by atoms with Crippen LogP contribution >= 0.6 is 0 Å². The molecule has 0 saturated carbocycles. The molecule has 0 spiro atoms. The van der Waals surface area contributed by atoms with Crippen LogP contribution in [0.1, 0.15) is 22.2 Å². The van der Waals surface area contributed by atoms with Crippen molar-refractivity contribution in [3.63, 3.8) is 0 Å². The van der Waals surface area contributed by atoms with Crippen LogP contribution in [-0.4, -0.2) is 40.1 Å². The summed E-state index contributed by atoms with van der Waals surface area (Å²) in [5.74, 6) is 1.64. The van der Waals surface area contributed by atoms with Crippen LogP contribution in [0.5, 0.6) is 11.5 Å². The molecule has 0 radical (unpaired) electrons. The first-order valence-electron chi connectivity index (χ1n) is 8.94. The lowest BCUT2D eigenvalue weighted by atomic mass is 10.2. The molecule has 0 amide bonds. The van der Waals surface area contributed by atoms with E-state index >= 15 is 0 Å². The number of hydrogen-bond acceptors (Lipinski definition) is 9. The zero-order valence-electron chi connectivity index (χ0n) is 16.3. The van der Waals surface area contributed by atoms with E-state index in [1.54, 1.807) is 60.6 Å². The Labute approximate surface area is 171 Å². The fourth-order valence-electron chi connectivity index (χ4n) is 2.73. The van der Waals surface area contributed by atoms with Crippen molar-refractivity contribution in [1.29, 1.82) is 0 Å². The van der Waals surface area contributed by atoms with Crippen LogP contribution in [0.15, 0.2) is 57.7 Å². The second kappa shape index (κ2) is 8.52. The summed E-state index contributed by atoms with van der Waals surface area (Å²) in [5, 5.41) is 7.99. The first-order chi connectivity index (χ1) is 14.7. The Hall–Kier alpha value is -4.08. The second-order valence-electron chi connectivity index (χ2n) is 6.13. The molecular weight excluding hydrogens is 392 g/mol. The predicted molar refractivity (Wildman–Crippen MR) is 102 cm³/mol. The van der Waals surface area contributed by atoms with Crippen molar-refractivity contribution in [1.82, 2.24) is 19.9 Å². The molecule has 0 unspecified atom stereocenters. The maximum atomic E-state index is 12.2. The van der Waals surface area contributed by atoms with Crippen molar-refractivity contribution in [2.75, 3.05) is 14.2 Å². The highest BCUT2D eigenvalue weighted by molar-refractivity contribution is 5.86. The van der Waals surface area contributed by atoms with Crippen molar-refractivity contribution in [3.8, 4) is 22.9 Å². The number of benzene rings is 1. The molecule has 0 aliphatic rings. The van der Waals surface area contributed by atoms with Gasteiger partial charge >= 0.3 is 5.97 Å². The molecular formula is C20H18N4O6. The van der Waals surface area contributed by atoms with Gasteiger partial charge in [0.1, 0.15) is 5.76 Å². The predicted octanol–water partition coefficient (Wildman–Crippen LogP) is 2.95. The fraction of sp³-hybridized carbons (Fsp3) is 0.200. The van der Waals surface area contributed by atoms with Crippen LogP contribution in [0.4, 0.5) is 0 Å². The van der Waals surface area contributed by atoms with E-state index in [4.69, 9.17) is 23.2 Å². The molecule has 0 N–H and O–H groups in total. The van der Waals surface area contributed by atoms with E-state index in [9.17, 15) is 4.79 Å². The minimum Gasteiger partial charge on any atom is -0.493 e. The van der Waals surface area contributed by atoms with E-state index in [1.165, 1.54) is 7.11 Å². The van der Waals surface area contributed by atoms with Gasteiger partial charge in [-0.3, -0.25) is 4.68 Å². The first-order valence-corrected chi connectivity index (χ1v) is 8.94. The van der Waals surface area contributed by atoms with Gasteiger partial charge in [0.25, 0.3) is 5.89 Å². The molecule has 0 aliphatic carbocycles. The summed E-state index contributed by atoms with van der Waals surface area (Å²) in [6, 6.07) is 10.3. The van der Waals surface area contributed by atoms with Gasteiger partial charge in [-0.05, 0) is 36.4 Å². The number of nitrogens with zero attached hydrogens (tertiary/aromatic N) is 4. The normalized spacial score (nSPS) is 10.7. The minimum absolute atomic E-state index is 0.0804. The molecule has 4 aromatic rings. The molecule has 3 aromatic heterocycles. The molecule has 10 nitrogen and oxygen atoms in total. The zero-order chi connectivity index (χ0) is 20.9. The topological polar surface area (TPSA) is 115 Å². The van der Waals surface area contributed by atoms with E-state index in [0.717, 1.165) is 0 Å². The number of methoxy groups -OCH3 is 2. The molecule has 3 heterocycles. The molecule has 30 heavy (non-hydrogen) atoms. The van der Waals surface area contributed by atoms with Crippen molar-refractivity contribution in [2.45, 2.75) is 13.2 Å². The zero-order valence-corrected chi connectivity index (χ0v) is 16.3. The van der Waals surface area contributed by atoms with E-state index < -0.39 is 5.97 Å². The highest BCUT2D eigenvalue weighted by Gasteiger charge is 2.17. The Morgan fingerprint density at radius 3 is 2.77 bits per heavy atom. The molecule has 0 saturated heterocycles. The van der Waals surface area contributed by atoms with Gasteiger partial charge in [-0.15, -0.1) is 0 Å². The summed E-state index contributed by atoms with van der Waals surface area (Å²) in [4.78, 5) is 16.4. The van der Waals surface area contributed by atoms with Gasteiger partial charge in [-0.1, -0.05) is 5.16 Å². The lowest BCUT2D eigenvalue weighted by Gasteiger charge is -2.07. The molecule has 0 fully saturated rings. The maximum absolute atomic E-state index is 12.2.